The highest BCUT2D eigenvalue weighted by Crippen LogP contribution is 2.31. The average molecular weight is 469 g/mol. The first-order valence-corrected chi connectivity index (χ1v) is 12.3. The maximum absolute atomic E-state index is 12.9. The molecule has 1 amide bonds. The maximum Gasteiger partial charge on any atom is 0.223 e. The Kier molecular flexibility index (Phi) is 6.24. The van der Waals surface area contributed by atoms with E-state index in [1.54, 1.807) is 0 Å². The molecule has 7 nitrogen and oxygen atoms in total. The van der Waals surface area contributed by atoms with Crippen LogP contribution in [0.25, 0.3) is 16.6 Å². The number of anilines is 1. The molecule has 0 spiro atoms. The van der Waals surface area contributed by atoms with Crippen molar-refractivity contribution < 1.29 is 4.79 Å². The van der Waals surface area contributed by atoms with Gasteiger partial charge in [-0.25, -0.2) is 4.68 Å². The van der Waals surface area contributed by atoms with Crippen LogP contribution in [0.15, 0.2) is 54.6 Å². The molecule has 0 unspecified atom stereocenters. The number of piperidine rings is 1. The van der Waals surface area contributed by atoms with Crippen molar-refractivity contribution in [3.63, 3.8) is 0 Å². The molecule has 7 heteroatoms. The van der Waals surface area contributed by atoms with Crippen LogP contribution >= 0.6 is 0 Å². The van der Waals surface area contributed by atoms with Crippen LogP contribution in [-0.4, -0.2) is 39.0 Å². The third kappa shape index (κ3) is 4.50. The molecule has 1 saturated heterocycles. The molecule has 2 aromatic carbocycles. The van der Waals surface area contributed by atoms with Gasteiger partial charge in [-0.1, -0.05) is 48.0 Å². The summed E-state index contributed by atoms with van der Waals surface area (Å²) in [5.74, 6) is 0.926. The Morgan fingerprint density at radius 2 is 1.66 bits per heavy atom. The van der Waals surface area contributed by atoms with E-state index < -0.39 is 0 Å². The Labute approximate surface area is 206 Å². The summed E-state index contributed by atoms with van der Waals surface area (Å²) in [7, 11) is 0. The molecule has 180 valence electrons. The van der Waals surface area contributed by atoms with Crippen LogP contribution in [0.4, 0.5) is 5.82 Å². The van der Waals surface area contributed by atoms with Crippen molar-refractivity contribution in [2.75, 3.05) is 18.0 Å². The molecule has 2 aromatic heterocycles. The SMILES string of the molecule is Cc1ccc(-n2nc3c(N4CCC(C(=O)N[C@@H](C)c5ccccc5)CC4)nnc(C)c3c2C)cc1. The van der Waals surface area contributed by atoms with E-state index in [-0.39, 0.29) is 17.9 Å². The van der Waals surface area contributed by atoms with Gasteiger partial charge in [0.25, 0.3) is 0 Å². The molecule has 5 rings (SSSR count). The van der Waals surface area contributed by atoms with Gasteiger partial charge in [0.15, 0.2) is 5.82 Å². The van der Waals surface area contributed by atoms with Crippen LogP contribution in [0.2, 0.25) is 0 Å². The number of fused-ring (bicyclic) bond motifs is 1. The molecular formula is C28H32N6O. The van der Waals surface area contributed by atoms with Crippen LogP contribution in [0.5, 0.6) is 0 Å². The standard InChI is InChI=1S/C28H32N6O/c1-18-10-12-24(13-11-18)34-21(4)25-20(3)30-31-27(26(25)32-34)33-16-14-23(15-17-33)28(35)29-19(2)22-8-6-5-7-9-22/h5-13,19,23H,14-17H2,1-4H3,(H,29,35)/t19-/m0/s1. The number of aromatic nitrogens is 4. The summed E-state index contributed by atoms with van der Waals surface area (Å²) in [4.78, 5) is 15.2. The van der Waals surface area contributed by atoms with E-state index in [1.807, 2.05) is 48.9 Å². The highest BCUT2D eigenvalue weighted by atomic mass is 16.1. The van der Waals surface area contributed by atoms with Gasteiger partial charge in [-0.15, -0.1) is 5.10 Å². The second kappa shape index (κ2) is 9.49. The largest absolute Gasteiger partial charge is 0.353 e. The fourth-order valence-corrected chi connectivity index (χ4v) is 4.97. The lowest BCUT2D eigenvalue weighted by Crippen LogP contribution is -2.41. The zero-order chi connectivity index (χ0) is 24.5. The number of benzene rings is 2. The van der Waals surface area contributed by atoms with E-state index in [0.717, 1.165) is 65.3 Å². The van der Waals surface area contributed by atoms with Crippen molar-refractivity contribution in [3.8, 4) is 5.69 Å². The molecule has 1 aliphatic heterocycles. The molecule has 1 N–H and O–H groups in total. The predicted molar refractivity (Wildman–Crippen MR) is 139 cm³/mol. The predicted octanol–water partition coefficient (Wildman–Crippen LogP) is 4.83. The molecule has 1 fully saturated rings. The lowest BCUT2D eigenvalue weighted by molar-refractivity contribution is -0.126. The Morgan fingerprint density at radius 3 is 2.34 bits per heavy atom. The maximum atomic E-state index is 12.9. The fraction of sp³-hybridized carbons (Fsp3) is 0.357. The topological polar surface area (TPSA) is 75.9 Å². The van der Waals surface area contributed by atoms with Gasteiger partial charge < -0.3 is 10.2 Å². The molecule has 0 bridgehead atoms. The number of aryl methyl sites for hydroxylation is 3. The Hall–Kier alpha value is -3.74. The summed E-state index contributed by atoms with van der Waals surface area (Å²) in [6.07, 6.45) is 1.56. The number of carbonyl (C=O) groups is 1. The molecule has 35 heavy (non-hydrogen) atoms. The number of carbonyl (C=O) groups excluding carboxylic acids is 1. The highest BCUT2D eigenvalue weighted by Gasteiger charge is 2.29. The van der Waals surface area contributed by atoms with E-state index in [4.69, 9.17) is 5.10 Å². The second-order valence-electron chi connectivity index (χ2n) is 9.57. The van der Waals surface area contributed by atoms with Crippen LogP contribution in [0, 0.1) is 26.7 Å². The third-order valence-corrected chi connectivity index (χ3v) is 7.09. The average Bonchev–Trinajstić information content (AvgIpc) is 3.23. The monoisotopic (exact) mass is 468 g/mol. The molecule has 0 aliphatic carbocycles. The number of rotatable bonds is 5. The van der Waals surface area contributed by atoms with Gasteiger partial charge in [0.1, 0.15) is 5.52 Å². The first-order valence-electron chi connectivity index (χ1n) is 12.3. The van der Waals surface area contributed by atoms with Gasteiger partial charge in [0.05, 0.1) is 28.5 Å². The number of hydrogen-bond donors (Lipinski definition) is 1. The van der Waals surface area contributed by atoms with Crippen LogP contribution in [-0.2, 0) is 4.79 Å². The first kappa shape index (κ1) is 23.0. The van der Waals surface area contributed by atoms with E-state index in [9.17, 15) is 4.79 Å². The molecule has 3 heterocycles. The van der Waals surface area contributed by atoms with Gasteiger partial charge in [0.2, 0.25) is 5.91 Å². The van der Waals surface area contributed by atoms with Gasteiger partial charge in [-0.2, -0.15) is 10.2 Å². The van der Waals surface area contributed by atoms with E-state index >= 15 is 0 Å². The summed E-state index contributed by atoms with van der Waals surface area (Å²) in [6, 6.07) is 18.5. The molecule has 4 aromatic rings. The fourth-order valence-electron chi connectivity index (χ4n) is 4.97. The van der Waals surface area contributed by atoms with Crippen molar-refractivity contribution in [1.82, 2.24) is 25.3 Å². The van der Waals surface area contributed by atoms with Crippen molar-refractivity contribution in [1.29, 1.82) is 0 Å². The van der Waals surface area contributed by atoms with Gasteiger partial charge in [0, 0.05) is 19.0 Å². The zero-order valence-electron chi connectivity index (χ0n) is 20.8. The summed E-state index contributed by atoms with van der Waals surface area (Å²) >= 11 is 0. The molecule has 0 saturated carbocycles. The molecule has 1 atom stereocenters. The minimum Gasteiger partial charge on any atom is -0.353 e. The summed E-state index contributed by atoms with van der Waals surface area (Å²) < 4.78 is 1.98. The van der Waals surface area contributed by atoms with Crippen LogP contribution in [0.1, 0.15) is 48.3 Å². The van der Waals surface area contributed by atoms with Crippen molar-refractivity contribution in [2.45, 2.75) is 46.6 Å². The van der Waals surface area contributed by atoms with Crippen LogP contribution in [0.3, 0.4) is 0 Å². The zero-order valence-corrected chi connectivity index (χ0v) is 20.8. The van der Waals surface area contributed by atoms with Crippen molar-refractivity contribution in [3.05, 3.63) is 77.1 Å². The minimum atomic E-state index is -0.00182. The van der Waals surface area contributed by atoms with Gasteiger partial charge >= 0.3 is 0 Å². The molecular weight excluding hydrogens is 436 g/mol. The Bertz CT molecular complexity index is 1340. The number of nitrogens with one attached hydrogen (secondary N) is 1. The van der Waals surface area contributed by atoms with Gasteiger partial charge in [-0.05, 0) is 58.2 Å². The highest BCUT2D eigenvalue weighted by molar-refractivity contribution is 5.92. The minimum absolute atomic E-state index is 0.00170. The lowest BCUT2D eigenvalue weighted by Gasteiger charge is -2.32. The second-order valence-corrected chi connectivity index (χ2v) is 9.57. The third-order valence-electron chi connectivity index (χ3n) is 7.09. The number of amides is 1. The van der Waals surface area contributed by atoms with E-state index in [2.05, 4.69) is 58.5 Å². The Balaban J connectivity index is 1.33. The first-order chi connectivity index (χ1) is 16.9. The van der Waals surface area contributed by atoms with Gasteiger partial charge in [-0.3, -0.25) is 4.79 Å². The molecule has 0 radical (unpaired) electrons. The van der Waals surface area contributed by atoms with Crippen molar-refractivity contribution >= 4 is 22.6 Å². The quantitative estimate of drug-likeness (QED) is 0.454. The number of nitrogens with zero attached hydrogens (tertiary/aromatic N) is 5. The van der Waals surface area contributed by atoms with Crippen LogP contribution < -0.4 is 10.2 Å². The summed E-state index contributed by atoms with van der Waals surface area (Å²) in [5, 5.41) is 18.2. The summed E-state index contributed by atoms with van der Waals surface area (Å²) in [5.41, 5.74) is 6.17. The van der Waals surface area contributed by atoms with E-state index in [0.29, 0.717) is 0 Å². The van der Waals surface area contributed by atoms with E-state index in [1.165, 1.54) is 5.56 Å². The lowest BCUT2D eigenvalue weighted by atomic mass is 9.95. The normalized spacial score (nSPS) is 15.4. The Morgan fingerprint density at radius 1 is 0.971 bits per heavy atom. The smallest absolute Gasteiger partial charge is 0.223 e. The molecule has 1 aliphatic rings. The van der Waals surface area contributed by atoms with Crippen molar-refractivity contribution in [2.24, 2.45) is 5.92 Å². The number of hydrogen-bond acceptors (Lipinski definition) is 5. The summed E-state index contributed by atoms with van der Waals surface area (Å²) in [6.45, 7) is 9.68.